The molecule has 1 aliphatic heterocycles. The minimum Gasteiger partial charge on any atom is -0.308 e. The molecule has 62 valence electrons. The van der Waals surface area contributed by atoms with E-state index in [1.165, 1.54) is 11.8 Å². The number of hydrogen-bond donors (Lipinski definition) is 1. The number of aliphatic imine (C=N–C) groups is 1. The van der Waals surface area contributed by atoms with Crippen LogP contribution in [0.4, 0.5) is 0 Å². The number of carbonyl (C=O) groups excluding carboxylic acids is 1. The van der Waals surface area contributed by atoms with Crippen molar-refractivity contribution >= 4 is 22.7 Å². The fraction of sp³-hybridized carbons (Fsp3) is 0.714. The van der Waals surface area contributed by atoms with Crippen molar-refractivity contribution in [2.75, 3.05) is 12.3 Å². The van der Waals surface area contributed by atoms with Crippen LogP contribution in [0.3, 0.4) is 0 Å². The molecule has 0 spiro atoms. The molecular weight excluding hydrogens is 160 g/mol. The van der Waals surface area contributed by atoms with E-state index in [9.17, 15) is 4.79 Å². The van der Waals surface area contributed by atoms with Crippen molar-refractivity contribution in [2.45, 2.75) is 19.9 Å². The molecule has 1 N–H and O–H groups in total. The van der Waals surface area contributed by atoms with Gasteiger partial charge in [0.1, 0.15) is 0 Å². The second kappa shape index (κ2) is 3.88. The van der Waals surface area contributed by atoms with Gasteiger partial charge in [-0.1, -0.05) is 25.6 Å². The summed E-state index contributed by atoms with van der Waals surface area (Å²) in [5.41, 5.74) is 0. The van der Waals surface area contributed by atoms with Crippen molar-refractivity contribution in [1.29, 1.82) is 0 Å². The first kappa shape index (κ1) is 8.74. The van der Waals surface area contributed by atoms with Crippen LogP contribution in [0.5, 0.6) is 0 Å². The summed E-state index contributed by atoms with van der Waals surface area (Å²) in [5.74, 6) is 0.519. The van der Waals surface area contributed by atoms with Crippen LogP contribution in [0.15, 0.2) is 4.99 Å². The normalized spacial score (nSPS) is 17.7. The molecule has 0 atom stereocenters. The van der Waals surface area contributed by atoms with Crippen LogP contribution in [-0.2, 0) is 4.79 Å². The van der Waals surface area contributed by atoms with Gasteiger partial charge in [0.15, 0.2) is 0 Å². The van der Waals surface area contributed by atoms with E-state index in [4.69, 9.17) is 0 Å². The first-order valence-electron chi connectivity index (χ1n) is 3.65. The Labute approximate surface area is 70.7 Å². The van der Waals surface area contributed by atoms with Gasteiger partial charge < -0.3 is 5.32 Å². The maximum atomic E-state index is 10.7. The zero-order chi connectivity index (χ0) is 8.27. The molecule has 3 nitrogen and oxygen atoms in total. The van der Waals surface area contributed by atoms with E-state index < -0.39 is 0 Å². The summed E-state index contributed by atoms with van der Waals surface area (Å²) in [6, 6.07) is 0.453. The number of amides is 1. The van der Waals surface area contributed by atoms with Gasteiger partial charge in [-0.05, 0) is 0 Å². The van der Waals surface area contributed by atoms with E-state index in [1.54, 1.807) is 0 Å². The Morgan fingerprint density at radius 3 is 2.91 bits per heavy atom. The highest BCUT2D eigenvalue weighted by Crippen LogP contribution is 2.11. The summed E-state index contributed by atoms with van der Waals surface area (Å²) in [7, 11) is 0. The van der Waals surface area contributed by atoms with E-state index >= 15 is 0 Å². The monoisotopic (exact) mass is 172 g/mol. The van der Waals surface area contributed by atoms with Gasteiger partial charge in [-0.15, -0.1) is 0 Å². The summed E-state index contributed by atoms with van der Waals surface area (Å²) in [6.07, 6.45) is 0. The summed E-state index contributed by atoms with van der Waals surface area (Å²) in [4.78, 5) is 14.5. The fourth-order valence-corrected chi connectivity index (χ4v) is 1.44. The SMILES string of the molecule is CC(C)NCC1=NC(=O)CS1. The van der Waals surface area contributed by atoms with Gasteiger partial charge in [0, 0.05) is 12.6 Å². The van der Waals surface area contributed by atoms with Crippen molar-refractivity contribution in [3.8, 4) is 0 Å². The Balaban J connectivity index is 2.27. The summed E-state index contributed by atoms with van der Waals surface area (Å²) >= 11 is 1.53. The van der Waals surface area contributed by atoms with Crippen LogP contribution < -0.4 is 5.32 Å². The number of carbonyl (C=O) groups is 1. The molecule has 1 rings (SSSR count). The number of thioether (sulfide) groups is 1. The molecular formula is C7H12N2OS. The average Bonchev–Trinajstić information content (AvgIpc) is 2.31. The van der Waals surface area contributed by atoms with Gasteiger partial charge in [-0.25, -0.2) is 4.99 Å². The number of rotatable bonds is 3. The van der Waals surface area contributed by atoms with Crippen LogP contribution in [0.2, 0.25) is 0 Å². The zero-order valence-electron chi connectivity index (χ0n) is 6.76. The summed E-state index contributed by atoms with van der Waals surface area (Å²) in [6.45, 7) is 4.87. The van der Waals surface area contributed by atoms with Crippen molar-refractivity contribution in [2.24, 2.45) is 4.99 Å². The summed E-state index contributed by atoms with van der Waals surface area (Å²) < 4.78 is 0. The molecule has 1 aliphatic rings. The molecule has 0 aromatic heterocycles. The number of nitrogens with zero attached hydrogens (tertiary/aromatic N) is 1. The van der Waals surface area contributed by atoms with Crippen LogP contribution >= 0.6 is 11.8 Å². The van der Waals surface area contributed by atoms with Gasteiger partial charge in [0.2, 0.25) is 0 Å². The van der Waals surface area contributed by atoms with Gasteiger partial charge in [-0.2, -0.15) is 0 Å². The predicted molar refractivity (Wildman–Crippen MR) is 48.0 cm³/mol. The Bertz CT molecular complexity index is 189. The standard InChI is InChI=1S/C7H12N2OS/c1-5(2)8-3-7-9-6(10)4-11-7/h5,8H,3-4H2,1-2H3. The average molecular weight is 172 g/mol. The van der Waals surface area contributed by atoms with Crippen molar-refractivity contribution in [3.63, 3.8) is 0 Å². The first-order chi connectivity index (χ1) is 5.18. The lowest BCUT2D eigenvalue weighted by Crippen LogP contribution is -2.27. The lowest BCUT2D eigenvalue weighted by atomic mass is 10.4. The third kappa shape index (κ3) is 3.03. The highest BCUT2D eigenvalue weighted by atomic mass is 32.2. The summed E-state index contributed by atoms with van der Waals surface area (Å²) in [5, 5.41) is 4.12. The Morgan fingerprint density at radius 2 is 2.45 bits per heavy atom. The Kier molecular flexibility index (Phi) is 3.08. The molecule has 0 unspecified atom stereocenters. The molecule has 1 amide bonds. The van der Waals surface area contributed by atoms with Crippen LogP contribution in [0.1, 0.15) is 13.8 Å². The fourth-order valence-electron chi connectivity index (χ4n) is 0.731. The van der Waals surface area contributed by atoms with Gasteiger partial charge in [0.25, 0.3) is 5.91 Å². The molecule has 0 bridgehead atoms. The smallest absolute Gasteiger partial charge is 0.256 e. The van der Waals surface area contributed by atoms with Gasteiger partial charge in [0.05, 0.1) is 10.8 Å². The van der Waals surface area contributed by atoms with Crippen LogP contribution in [0, 0.1) is 0 Å². The van der Waals surface area contributed by atoms with E-state index in [1.807, 2.05) is 0 Å². The topological polar surface area (TPSA) is 41.5 Å². The molecule has 0 aliphatic carbocycles. The second-order valence-corrected chi connectivity index (χ2v) is 3.77. The lowest BCUT2D eigenvalue weighted by molar-refractivity contribution is -0.115. The third-order valence-corrected chi connectivity index (χ3v) is 2.23. The molecule has 0 aromatic carbocycles. The quantitative estimate of drug-likeness (QED) is 0.680. The highest BCUT2D eigenvalue weighted by molar-refractivity contribution is 8.15. The number of hydrogen-bond acceptors (Lipinski definition) is 3. The van der Waals surface area contributed by atoms with Crippen molar-refractivity contribution in [3.05, 3.63) is 0 Å². The van der Waals surface area contributed by atoms with Crippen molar-refractivity contribution in [1.82, 2.24) is 5.32 Å². The molecule has 0 radical (unpaired) electrons. The Hall–Kier alpha value is -0.350. The zero-order valence-corrected chi connectivity index (χ0v) is 7.57. The molecule has 0 aromatic rings. The van der Waals surface area contributed by atoms with Gasteiger partial charge in [-0.3, -0.25) is 4.79 Å². The maximum Gasteiger partial charge on any atom is 0.256 e. The van der Waals surface area contributed by atoms with E-state index in [0.29, 0.717) is 11.8 Å². The largest absolute Gasteiger partial charge is 0.308 e. The minimum absolute atomic E-state index is 0.00411. The minimum atomic E-state index is -0.00411. The molecule has 4 heteroatoms. The molecule has 11 heavy (non-hydrogen) atoms. The van der Waals surface area contributed by atoms with Crippen molar-refractivity contribution < 1.29 is 4.79 Å². The molecule has 1 heterocycles. The van der Waals surface area contributed by atoms with Crippen LogP contribution in [0.25, 0.3) is 0 Å². The van der Waals surface area contributed by atoms with E-state index in [2.05, 4.69) is 24.2 Å². The number of nitrogens with one attached hydrogen (secondary N) is 1. The first-order valence-corrected chi connectivity index (χ1v) is 4.63. The second-order valence-electron chi connectivity index (χ2n) is 2.72. The molecule has 0 fully saturated rings. The van der Waals surface area contributed by atoms with E-state index in [-0.39, 0.29) is 5.91 Å². The molecule has 0 saturated heterocycles. The van der Waals surface area contributed by atoms with Gasteiger partial charge >= 0.3 is 0 Å². The Morgan fingerprint density at radius 1 is 1.73 bits per heavy atom. The maximum absolute atomic E-state index is 10.7. The van der Waals surface area contributed by atoms with E-state index in [0.717, 1.165) is 11.6 Å². The lowest BCUT2D eigenvalue weighted by Gasteiger charge is -2.05. The molecule has 0 saturated carbocycles. The van der Waals surface area contributed by atoms with Crippen LogP contribution in [-0.4, -0.2) is 29.3 Å². The highest BCUT2D eigenvalue weighted by Gasteiger charge is 2.13. The predicted octanol–water partition coefficient (Wildman–Crippen LogP) is 0.656. The third-order valence-electron chi connectivity index (χ3n) is 1.27.